The van der Waals surface area contributed by atoms with Crippen molar-refractivity contribution in [3.8, 4) is 5.75 Å². The maximum Gasteiger partial charge on any atom is 0.119 e. The van der Waals surface area contributed by atoms with Crippen molar-refractivity contribution in [1.29, 1.82) is 0 Å². The number of rotatable bonds is 5. The first-order chi connectivity index (χ1) is 7.61. The van der Waals surface area contributed by atoms with Crippen LogP contribution in [0, 0.1) is 12.8 Å². The van der Waals surface area contributed by atoms with Crippen LogP contribution in [0.3, 0.4) is 0 Å². The Kier molecular flexibility index (Phi) is 5.03. The summed E-state index contributed by atoms with van der Waals surface area (Å²) in [5.41, 5.74) is 2.09. The number of ether oxygens (including phenoxy) is 1. The Morgan fingerprint density at radius 2 is 2.00 bits per heavy atom. The zero-order valence-electron chi connectivity index (χ0n) is 10.2. The Morgan fingerprint density at radius 1 is 1.38 bits per heavy atom. The van der Waals surface area contributed by atoms with E-state index in [4.69, 9.17) is 11.7 Å². The Hall–Kier alpha value is -1.31. The molecule has 2 radical (unpaired) electrons. The van der Waals surface area contributed by atoms with Crippen LogP contribution in [0.15, 0.2) is 29.3 Å². The largest absolute Gasteiger partial charge is 0.493 e. The van der Waals surface area contributed by atoms with Crippen molar-refractivity contribution in [2.75, 3.05) is 6.61 Å². The van der Waals surface area contributed by atoms with Crippen LogP contribution in [0.2, 0.25) is 0 Å². The average Bonchev–Trinajstić information content (AvgIpc) is 2.28. The summed E-state index contributed by atoms with van der Waals surface area (Å²) in [7, 11) is 0. The van der Waals surface area contributed by atoms with Crippen molar-refractivity contribution < 1.29 is 4.74 Å². The Morgan fingerprint density at radius 3 is 2.50 bits per heavy atom. The first-order valence-corrected chi connectivity index (χ1v) is 5.64. The smallest absolute Gasteiger partial charge is 0.119 e. The summed E-state index contributed by atoms with van der Waals surface area (Å²) >= 11 is 0. The van der Waals surface area contributed by atoms with Crippen LogP contribution in [0.25, 0.3) is 0 Å². The van der Waals surface area contributed by atoms with Gasteiger partial charge in [0.15, 0.2) is 0 Å². The van der Waals surface area contributed by atoms with Gasteiger partial charge in [0.2, 0.25) is 0 Å². The molecule has 16 heavy (non-hydrogen) atoms. The second kappa shape index (κ2) is 6.31. The van der Waals surface area contributed by atoms with Gasteiger partial charge in [-0.25, -0.2) is 0 Å². The van der Waals surface area contributed by atoms with Crippen LogP contribution in [-0.4, -0.2) is 12.3 Å². The molecule has 0 saturated carbocycles. The Balaban J connectivity index is 2.61. The summed E-state index contributed by atoms with van der Waals surface area (Å²) in [6.07, 6.45) is 0.975. The minimum atomic E-state index is 0.0556. The fourth-order valence-electron chi connectivity index (χ4n) is 1.14. The molecule has 0 aromatic heterocycles. The minimum Gasteiger partial charge on any atom is -0.493 e. The predicted molar refractivity (Wildman–Crippen MR) is 68.5 cm³/mol. The molecule has 2 heteroatoms. The second-order valence-corrected chi connectivity index (χ2v) is 3.98. The molecule has 0 aliphatic carbocycles. The third kappa shape index (κ3) is 4.47. The van der Waals surface area contributed by atoms with Crippen molar-refractivity contribution in [1.82, 2.24) is 0 Å². The third-order valence-corrected chi connectivity index (χ3v) is 2.18. The van der Waals surface area contributed by atoms with Gasteiger partial charge in [0.1, 0.15) is 5.75 Å². The van der Waals surface area contributed by atoms with Crippen LogP contribution in [0.5, 0.6) is 5.75 Å². The quantitative estimate of drug-likeness (QED) is 0.685. The lowest BCUT2D eigenvalue weighted by molar-refractivity contribution is 0.284. The van der Waals surface area contributed by atoms with Gasteiger partial charge in [-0.05, 0) is 50.5 Å². The van der Waals surface area contributed by atoms with E-state index in [1.165, 1.54) is 0 Å². The van der Waals surface area contributed by atoms with E-state index in [9.17, 15) is 0 Å². The second-order valence-electron chi connectivity index (χ2n) is 3.98. The summed E-state index contributed by atoms with van der Waals surface area (Å²) in [4.78, 5) is 4.45. The van der Waals surface area contributed by atoms with E-state index in [-0.39, 0.29) is 5.92 Å². The van der Waals surface area contributed by atoms with Gasteiger partial charge >= 0.3 is 0 Å². The topological polar surface area (TPSA) is 21.6 Å². The van der Waals surface area contributed by atoms with Gasteiger partial charge in [-0.1, -0.05) is 13.8 Å². The predicted octanol–water partition coefficient (Wildman–Crippen LogP) is 3.91. The maximum atomic E-state index is 5.61. The summed E-state index contributed by atoms with van der Waals surface area (Å²) in [5.74, 6) is 0.894. The Bertz CT molecular complexity index is 338. The molecular weight excluding hydrogens is 198 g/mol. The fraction of sp³-hybridized carbons (Fsp3) is 0.429. The van der Waals surface area contributed by atoms with Gasteiger partial charge in [-0.15, -0.1) is 0 Å². The van der Waals surface area contributed by atoms with Crippen molar-refractivity contribution in [2.24, 2.45) is 10.9 Å². The highest BCUT2D eigenvalue weighted by Gasteiger charge is 1.97. The molecule has 0 aliphatic heterocycles. The van der Waals surface area contributed by atoms with E-state index in [0.717, 1.165) is 23.6 Å². The number of hydrogen-bond acceptors (Lipinski definition) is 2. The molecule has 1 aromatic carbocycles. The SMILES string of the molecule is [CH]C(C)COc1ccc(N=C(C)CC)cc1. The van der Waals surface area contributed by atoms with Gasteiger partial charge in [0.05, 0.1) is 12.3 Å². The van der Waals surface area contributed by atoms with E-state index in [0.29, 0.717) is 6.61 Å². The maximum absolute atomic E-state index is 5.61. The van der Waals surface area contributed by atoms with E-state index in [1.54, 1.807) is 0 Å². The molecule has 1 rings (SSSR count). The van der Waals surface area contributed by atoms with E-state index >= 15 is 0 Å². The molecule has 0 saturated heterocycles. The van der Waals surface area contributed by atoms with Gasteiger partial charge in [0, 0.05) is 5.71 Å². The van der Waals surface area contributed by atoms with Crippen molar-refractivity contribution in [3.63, 3.8) is 0 Å². The molecule has 1 atom stereocenters. The normalized spacial score (nSPS) is 11.9. The van der Waals surface area contributed by atoms with Crippen LogP contribution >= 0.6 is 0 Å². The van der Waals surface area contributed by atoms with Crippen LogP contribution < -0.4 is 4.74 Å². The number of aliphatic imine (C=N–C) groups is 1. The van der Waals surface area contributed by atoms with Gasteiger partial charge < -0.3 is 4.74 Å². The van der Waals surface area contributed by atoms with E-state index in [2.05, 4.69) is 11.9 Å². The molecular formula is C14H19NO. The molecule has 0 spiro atoms. The molecule has 0 heterocycles. The highest BCUT2D eigenvalue weighted by atomic mass is 16.5. The highest BCUT2D eigenvalue weighted by molar-refractivity contribution is 5.84. The van der Waals surface area contributed by atoms with Crippen LogP contribution in [0.1, 0.15) is 27.2 Å². The number of hydrogen-bond donors (Lipinski definition) is 0. The summed E-state index contributed by atoms with van der Waals surface area (Å²) in [6, 6.07) is 7.75. The zero-order chi connectivity index (χ0) is 12.0. The van der Waals surface area contributed by atoms with Crippen LogP contribution in [-0.2, 0) is 0 Å². The summed E-state index contributed by atoms with van der Waals surface area (Å²) in [6.45, 7) is 12.2. The van der Waals surface area contributed by atoms with E-state index < -0.39 is 0 Å². The molecule has 0 fully saturated rings. The fourth-order valence-corrected chi connectivity index (χ4v) is 1.14. The lowest BCUT2D eigenvalue weighted by atomic mass is 10.2. The summed E-state index contributed by atoms with van der Waals surface area (Å²) < 4.78 is 5.48. The molecule has 86 valence electrons. The van der Waals surface area contributed by atoms with Gasteiger partial charge in [0.25, 0.3) is 0 Å². The van der Waals surface area contributed by atoms with Gasteiger partial charge in [-0.3, -0.25) is 4.99 Å². The first-order valence-electron chi connectivity index (χ1n) is 5.64. The molecule has 2 nitrogen and oxygen atoms in total. The van der Waals surface area contributed by atoms with Crippen molar-refractivity contribution >= 4 is 11.4 Å². The summed E-state index contributed by atoms with van der Waals surface area (Å²) in [5, 5.41) is 0. The zero-order valence-corrected chi connectivity index (χ0v) is 10.2. The Labute approximate surface area is 98.4 Å². The standard InChI is InChI=1S/C14H19NO/c1-5-12(4)15-13-6-8-14(9-7-13)16-10-11(2)3/h2,6-9,11H,5,10H2,1,3-4H3. The minimum absolute atomic E-state index is 0.0556. The number of benzene rings is 1. The highest BCUT2D eigenvalue weighted by Crippen LogP contribution is 2.19. The first kappa shape index (κ1) is 12.8. The number of nitrogens with zero attached hydrogens (tertiary/aromatic N) is 1. The van der Waals surface area contributed by atoms with Crippen LogP contribution in [0.4, 0.5) is 5.69 Å². The molecule has 0 N–H and O–H groups in total. The van der Waals surface area contributed by atoms with Crippen molar-refractivity contribution in [2.45, 2.75) is 27.2 Å². The molecule has 1 unspecified atom stereocenters. The molecule has 1 aromatic rings. The molecule has 0 bridgehead atoms. The van der Waals surface area contributed by atoms with Crippen molar-refractivity contribution in [3.05, 3.63) is 31.2 Å². The lowest BCUT2D eigenvalue weighted by Gasteiger charge is -2.08. The third-order valence-electron chi connectivity index (χ3n) is 2.18. The monoisotopic (exact) mass is 217 g/mol. The molecule has 0 aliphatic rings. The molecule has 0 amide bonds. The lowest BCUT2D eigenvalue weighted by Crippen LogP contribution is -2.04. The van der Waals surface area contributed by atoms with E-state index in [1.807, 2.05) is 38.1 Å². The van der Waals surface area contributed by atoms with Gasteiger partial charge in [-0.2, -0.15) is 0 Å². The average molecular weight is 217 g/mol.